The minimum Gasteiger partial charge on any atom is -0.349 e. The quantitative estimate of drug-likeness (QED) is 0.645. The van der Waals surface area contributed by atoms with Crippen molar-refractivity contribution in [1.29, 1.82) is 0 Å². The summed E-state index contributed by atoms with van der Waals surface area (Å²) < 4.78 is 0. The zero-order chi connectivity index (χ0) is 20.9. The van der Waals surface area contributed by atoms with Gasteiger partial charge >= 0.3 is 0 Å². The van der Waals surface area contributed by atoms with Gasteiger partial charge in [0.15, 0.2) is 0 Å². The molecule has 1 saturated heterocycles. The van der Waals surface area contributed by atoms with E-state index in [0.29, 0.717) is 0 Å². The predicted octanol–water partition coefficient (Wildman–Crippen LogP) is 5.70. The minimum absolute atomic E-state index is 0.110. The van der Waals surface area contributed by atoms with Crippen molar-refractivity contribution in [1.82, 2.24) is 10.2 Å². The average molecular weight is 425 g/mol. The lowest BCUT2D eigenvalue weighted by atomic mass is 9.88. The Kier molecular flexibility index (Phi) is 7.12. The lowest BCUT2D eigenvalue weighted by molar-refractivity contribution is -0.127. The van der Waals surface area contributed by atoms with Crippen LogP contribution >= 0.6 is 11.6 Å². The number of benzene rings is 2. The standard InChI is InChI=1S/C26H33ClN2O/c1-2-25(22-12-11-19-7-3-4-8-21(19)17-22)28-26(30)20-13-15-29(16-14-20)18-23-9-5-6-10-24(23)27/h5-6,9-12,17,20,25H,2-4,7-8,13-16,18H2,1H3,(H,28,30)/t25-/m0/s1. The summed E-state index contributed by atoms with van der Waals surface area (Å²) in [5.74, 6) is 0.330. The SMILES string of the molecule is CC[C@H](NC(=O)C1CCN(Cc2ccccc2Cl)CC1)c1ccc2c(c1)CCCC2. The molecule has 3 nitrogen and oxygen atoms in total. The first kappa shape index (κ1) is 21.4. The Balaban J connectivity index is 1.32. The number of rotatable bonds is 6. The van der Waals surface area contributed by atoms with E-state index in [0.717, 1.165) is 43.9 Å². The molecule has 0 aromatic heterocycles. The Hall–Kier alpha value is -1.84. The molecule has 2 aromatic carbocycles. The number of carbonyl (C=O) groups is 1. The van der Waals surface area contributed by atoms with Crippen molar-refractivity contribution in [3.8, 4) is 0 Å². The number of carbonyl (C=O) groups excluding carboxylic acids is 1. The largest absolute Gasteiger partial charge is 0.349 e. The number of hydrogen-bond acceptors (Lipinski definition) is 2. The van der Waals surface area contributed by atoms with E-state index >= 15 is 0 Å². The van der Waals surface area contributed by atoms with E-state index in [9.17, 15) is 4.79 Å². The number of nitrogens with one attached hydrogen (secondary N) is 1. The van der Waals surface area contributed by atoms with Crippen LogP contribution in [0.3, 0.4) is 0 Å². The molecule has 160 valence electrons. The molecule has 0 radical (unpaired) electrons. The summed E-state index contributed by atoms with van der Waals surface area (Å²) in [7, 11) is 0. The summed E-state index contributed by atoms with van der Waals surface area (Å²) >= 11 is 6.31. The molecule has 1 N–H and O–H groups in total. The summed E-state index contributed by atoms with van der Waals surface area (Å²) in [5, 5.41) is 4.18. The Morgan fingerprint density at radius 1 is 1.10 bits per heavy atom. The van der Waals surface area contributed by atoms with E-state index in [1.165, 1.54) is 47.9 Å². The molecule has 30 heavy (non-hydrogen) atoms. The summed E-state index contributed by atoms with van der Waals surface area (Å²) in [6.07, 6.45) is 7.72. The normalized spacial score (nSPS) is 18.6. The molecule has 1 heterocycles. The Morgan fingerprint density at radius 3 is 2.57 bits per heavy atom. The maximum atomic E-state index is 13.0. The zero-order valence-electron chi connectivity index (χ0n) is 18.0. The van der Waals surface area contributed by atoms with E-state index in [-0.39, 0.29) is 17.9 Å². The maximum Gasteiger partial charge on any atom is 0.223 e. The van der Waals surface area contributed by atoms with Crippen LogP contribution in [0.25, 0.3) is 0 Å². The fourth-order valence-corrected chi connectivity index (χ4v) is 5.10. The highest BCUT2D eigenvalue weighted by Crippen LogP contribution is 2.27. The Bertz CT molecular complexity index is 873. The van der Waals surface area contributed by atoms with Crippen LogP contribution in [0.1, 0.15) is 67.3 Å². The predicted molar refractivity (Wildman–Crippen MR) is 124 cm³/mol. The summed E-state index contributed by atoms with van der Waals surface area (Å²) in [6.45, 7) is 4.91. The molecule has 1 aliphatic heterocycles. The lowest BCUT2D eigenvalue weighted by Gasteiger charge is -2.32. The second-order valence-corrected chi connectivity index (χ2v) is 9.25. The van der Waals surface area contributed by atoms with E-state index in [2.05, 4.69) is 41.4 Å². The van der Waals surface area contributed by atoms with Crippen LogP contribution in [-0.4, -0.2) is 23.9 Å². The summed E-state index contributed by atoms with van der Waals surface area (Å²) in [6, 6.07) is 15.0. The van der Waals surface area contributed by atoms with Crippen LogP contribution in [0, 0.1) is 5.92 Å². The number of aryl methyl sites for hydroxylation is 2. The third-order valence-electron chi connectivity index (χ3n) is 6.81. The number of piperidine rings is 1. The first-order valence-corrected chi connectivity index (χ1v) is 11.9. The molecule has 2 aliphatic rings. The van der Waals surface area contributed by atoms with Crippen molar-refractivity contribution in [3.05, 3.63) is 69.7 Å². The van der Waals surface area contributed by atoms with Crippen LogP contribution in [-0.2, 0) is 24.2 Å². The van der Waals surface area contributed by atoms with Crippen LogP contribution in [0.4, 0.5) is 0 Å². The number of fused-ring (bicyclic) bond motifs is 1. The highest BCUT2D eigenvalue weighted by molar-refractivity contribution is 6.31. The average Bonchev–Trinajstić information content (AvgIpc) is 2.79. The first-order chi connectivity index (χ1) is 14.6. The summed E-state index contributed by atoms with van der Waals surface area (Å²) in [5.41, 5.74) is 5.42. The maximum absolute atomic E-state index is 13.0. The number of halogens is 1. The van der Waals surface area contributed by atoms with Crippen LogP contribution < -0.4 is 5.32 Å². The molecule has 4 heteroatoms. The molecule has 0 bridgehead atoms. The monoisotopic (exact) mass is 424 g/mol. The molecule has 0 saturated carbocycles. The van der Waals surface area contributed by atoms with Gasteiger partial charge in [-0.2, -0.15) is 0 Å². The molecule has 1 amide bonds. The first-order valence-electron chi connectivity index (χ1n) is 11.5. The van der Waals surface area contributed by atoms with Crippen LogP contribution in [0.5, 0.6) is 0 Å². The fraction of sp³-hybridized carbons (Fsp3) is 0.500. The third kappa shape index (κ3) is 5.07. The molecular weight excluding hydrogens is 392 g/mol. The molecule has 2 aromatic rings. The molecule has 1 fully saturated rings. The fourth-order valence-electron chi connectivity index (χ4n) is 4.90. The van der Waals surface area contributed by atoms with Crippen molar-refractivity contribution < 1.29 is 4.79 Å². The van der Waals surface area contributed by atoms with Gasteiger partial charge in [-0.1, -0.05) is 54.9 Å². The van der Waals surface area contributed by atoms with Crippen molar-refractivity contribution >= 4 is 17.5 Å². The molecule has 4 rings (SSSR count). The number of likely N-dealkylation sites (tertiary alicyclic amines) is 1. The highest BCUT2D eigenvalue weighted by atomic mass is 35.5. The molecule has 0 unspecified atom stereocenters. The van der Waals surface area contributed by atoms with E-state index in [1.54, 1.807) is 0 Å². The van der Waals surface area contributed by atoms with Crippen molar-refractivity contribution in [2.75, 3.05) is 13.1 Å². The second-order valence-electron chi connectivity index (χ2n) is 8.85. The molecular formula is C26H33ClN2O. The Morgan fingerprint density at radius 2 is 1.83 bits per heavy atom. The number of hydrogen-bond donors (Lipinski definition) is 1. The number of amides is 1. The van der Waals surface area contributed by atoms with Gasteiger partial charge in [-0.3, -0.25) is 9.69 Å². The summed E-state index contributed by atoms with van der Waals surface area (Å²) in [4.78, 5) is 15.4. The van der Waals surface area contributed by atoms with Crippen molar-refractivity contribution in [2.24, 2.45) is 5.92 Å². The molecule has 1 aliphatic carbocycles. The van der Waals surface area contributed by atoms with Crippen LogP contribution in [0.2, 0.25) is 5.02 Å². The van der Waals surface area contributed by atoms with E-state index in [1.807, 2.05) is 18.2 Å². The van der Waals surface area contributed by atoms with Gasteiger partial charge < -0.3 is 5.32 Å². The topological polar surface area (TPSA) is 32.3 Å². The number of nitrogens with zero attached hydrogens (tertiary/aromatic N) is 1. The van der Waals surface area contributed by atoms with Crippen molar-refractivity contribution in [3.63, 3.8) is 0 Å². The van der Waals surface area contributed by atoms with E-state index < -0.39 is 0 Å². The van der Waals surface area contributed by atoms with Crippen molar-refractivity contribution in [2.45, 2.75) is 64.5 Å². The van der Waals surface area contributed by atoms with Gasteiger partial charge in [0, 0.05) is 17.5 Å². The van der Waals surface area contributed by atoms with E-state index in [4.69, 9.17) is 11.6 Å². The highest BCUT2D eigenvalue weighted by Gasteiger charge is 2.27. The molecule has 0 spiro atoms. The smallest absolute Gasteiger partial charge is 0.223 e. The second kappa shape index (κ2) is 9.98. The van der Waals surface area contributed by atoms with Gasteiger partial charge in [-0.15, -0.1) is 0 Å². The van der Waals surface area contributed by atoms with Gasteiger partial charge in [0.05, 0.1) is 6.04 Å². The van der Waals surface area contributed by atoms with Gasteiger partial charge in [-0.05, 0) is 86.4 Å². The van der Waals surface area contributed by atoms with Gasteiger partial charge in [0.25, 0.3) is 0 Å². The zero-order valence-corrected chi connectivity index (χ0v) is 18.8. The molecule has 1 atom stereocenters. The van der Waals surface area contributed by atoms with Gasteiger partial charge in [0.2, 0.25) is 5.91 Å². The van der Waals surface area contributed by atoms with Gasteiger partial charge in [0.1, 0.15) is 0 Å². The van der Waals surface area contributed by atoms with Crippen LogP contribution in [0.15, 0.2) is 42.5 Å². The third-order valence-corrected chi connectivity index (χ3v) is 7.18. The minimum atomic E-state index is 0.110. The van der Waals surface area contributed by atoms with Gasteiger partial charge in [-0.25, -0.2) is 0 Å². The Labute approximate surface area is 185 Å². The lowest BCUT2D eigenvalue weighted by Crippen LogP contribution is -2.41.